The van der Waals surface area contributed by atoms with Crippen LogP contribution in [0.1, 0.15) is 16.7 Å². The van der Waals surface area contributed by atoms with Crippen molar-refractivity contribution >= 4 is 21.6 Å². The largest absolute Gasteiger partial charge is 0.476 e. The van der Waals surface area contributed by atoms with Crippen LogP contribution >= 0.6 is 0 Å². The van der Waals surface area contributed by atoms with Crippen LogP contribution in [0, 0.1) is 6.92 Å². The quantitative estimate of drug-likeness (QED) is 0.643. The predicted octanol–water partition coefficient (Wildman–Crippen LogP) is 3.41. The smallest absolute Gasteiger partial charge is 0.263 e. The zero-order valence-corrected chi connectivity index (χ0v) is 18.0. The maximum Gasteiger partial charge on any atom is 0.263 e. The molecule has 3 aromatic carbocycles. The minimum atomic E-state index is -3.72. The van der Waals surface area contributed by atoms with Crippen molar-refractivity contribution in [1.82, 2.24) is 5.32 Å². The lowest BCUT2D eigenvalue weighted by molar-refractivity contribution is -0.127. The number of rotatable bonds is 6. The highest BCUT2D eigenvalue weighted by molar-refractivity contribution is 7.92. The first-order chi connectivity index (χ1) is 14.9. The second-order valence-electron chi connectivity index (χ2n) is 7.55. The molecule has 0 bridgehead atoms. The maximum atomic E-state index is 13.2. The van der Waals surface area contributed by atoms with E-state index in [0.29, 0.717) is 23.5 Å². The molecule has 160 valence electrons. The van der Waals surface area contributed by atoms with Gasteiger partial charge in [0, 0.05) is 6.54 Å². The Hall–Kier alpha value is -3.32. The highest BCUT2D eigenvalue weighted by Gasteiger charge is 2.36. The Morgan fingerprint density at radius 2 is 1.71 bits per heavy atom. The summed E-state index contributed by atoms with van der Waals surface area (Å²) in [5.41, 5.74) is 3.21. The molecule has 31 heavy (non-hydrogen) atoms. The van der Waals surface area contributed by atoms with Crippen LogP contribution in [0.25, 0.3) is 0 Å². The van der Waals surface area contributed by atoms with Crippen LogP contribution in [-0.2, 0) is 27.1 Å². The van der Waals surface area contributed by atoms with Gasteiger partial charge in [0.2, 0.25) is 10.0 Å². The number of hydrogen-bond donors (Lipinski definition) is 1. The molecule has 1 aliphatic heterocycles. The first kappa shape index (κ1) is 20.9. The summed E-state index contributed by atoms with van der Waals surface area (Å²) >= 11 is 0. The third-order valence-electron chi connectivity index (χ3n) is 5.10. The Morgan fingerprint density at radius 3 is 2.48 bits per heavy atom. The summed E-state index contributed by atoms with van der Waals surface area (Å²) < 4.78 is 33.6. The molecule has 0 saturated heterocycles. The molecule has 1 aliphatic rings. The van der Waals surface area contributed by atoms with E-state index in [1.807, 2.05) is 37.3 Å². The molecule has 0 radical (unpaired) electrons. The second kappa shape index (κ2) is 8.81. The van der Waals surface area contributed by atoms with E-state index in [1.165, 1.54) is 4.31 Å². The Labute approximate surface area is 182 Å². The van der Waals surface area contributed by atoms with Gasteiger partial charge >= 0.3 is 0 Å². The van der Waals surface area contributed by atoms with Crippen LogP contribution in [0.15, 0.2) is 78.9 Å². The average molecular weight is 437 g/mol. The van der Waals surface area contributed by atoms with Crippen molar-refractivity contribution in [2.45, 2.75) is 25.3 Å². The minimum Gasteiger partial charge on any atom is -0.476 e. The number of fused-ring (bicyclic) bond motifs is 1. The van der Waals surface area contributed by atoms with E-state index in [-0.39, 0.29) is 18.2 Å². The number of para-hydroxylation sites is 2. The summed E-state index contributed by atoms with van der Waals surface area (Å²) in [6.45, 7) is 2.26. The van der Waals surface area contributed by atoms with Crippen LogP contribution in [0.4, 0.5) is 5.69 Å². The van der Waals surface area contributed by atoms with E-state index in [1.54, 1.807) is 48.5 Å². The Balaban J connectivity index is 1.54. The van der Waals surface area contributed by atoms with Crippen LogP contribution < -0.4 is 14.4 Å². The normalized spacial score (nSPS) is 15.6. The maximum absolute atomic E-state index is 13.2. The Kier molecular flexibility index (Phi) is 5.95. The SMILES string of the molecule is Cc1cccc(CNC(=O)C2CN(S(=O)(=O)Cc3ccccc3)c3ccccc3O2)c1. The van der Waals surface area contributed by atoms with Gasteiger partial charge in [-0.1, -0.05) is 72.3 Å². The van der Waals surface area contributed by atoms with Gasteiger partial charge in [-0.2, -0.15) is 0 Å². The number of aryl methyl sites for hydroxylation is 1. The van der Waals surface area contributed by atoms with Gasteiger partial charge in [0.05, 0.1) is 18.0 Å². The summed E-state index contributed by atoms with van der Waals surface area (Å²) in [5.74, 6) is -0.128. The number of carbonyl (C=O) groups is 1. The summed E-state index contributed by atoms with van der Waals surface area (Å²) in [6, 6.07) is 23.7. The average Bonchev–Trinajstić information content (AvgIpc) is 2.77. The summed E-state index contributed by atoms with van der Waals surface area (Å²) in [6.07, 6.45) is -0.940. The summed E-state index contributed by atoms with van der Waals surface area (Å²) in [4.78, 5) is 12.8. The van der Waals surface area contributed by atoms with Crippen molar-refractivity contribution in [3.8, 4) is 5.75 Å². The van der Waals surface area contributed by atoms with E-state index in [4.69, 9.17) is 4.74 Å². The molecule has 1 unspecified atom stereocenters. The van der Waals surface area contributed by atoms with Crippen molar-refractivity contribution in [1.29, 1.82) is 0 Å². The lowest BCUT2D eigenvalue weighted by Gasteiger charge is -2.34. The van der Waals surface area contributed by atoms with Crippen LogP contribution in [0.3, 0.4) is 0 Å². The minimum absolute atomic E-state index is 0.0775. The van der Waals surface area contributed by atoms with Gasteiger partial charge in [0.1, 0.15) is 5.75 Å². The number of hydrogen-bond acceptors (Lipinski definition) is 4. The molecule has 1 N–H and O–H groups in total. The van der Waals surface area contributed by atoms with Gasteiger partial charge in [0.15, 0.2) is 6.10 Å². The predicted molar refractivity (Wildman–Crippen MR) is 120 cm³/mol. The summed E-state index contributed by atoms with van der Waals surface area (Å²) in [5, 5.41) is 2.86. The second-order valence-corrected chi connectivity index (χ2v) is 9.45. The van der Waals surface area contributed by atoms with Gasteiger partial charge in [0.25, 0.3) is 5.91 Å². The topological polar surface area (TPSA) is 75.7 Å². The van der Waals surface area contributed by atoms with Gasteiger partial charge in [-0.3, -0.25) is 9.10 Å². The third kappa shape index (κ3) is 4.88. The van der Waals surface area contributed by atoms with Gasteiger partial charge in [-0.15, -0.1) is 0 Å². The zero-order valence-electron chi connectivity index (χ0n) is 17.2. The van der Waals surface area contributed by atoms with Crippen LogP contribution in [0.5, 0.6) is 5.75 Å². The molecule has 0 aliphatic carbocycles. The molecular formula is C24H24N2O4S. The molecule has 0 saturated carbocycles. The molecule has 4 rings (SSSR count). The van der Waals surface area contributed by atoms with Crippen molar-refractivity contribution in [3.63, 3.8) is 0 Å². The van der Waals surface area contributed by atoms with Gasteiger partial charge in [-0.25, -0.2) is 8.42 Å². The highest BCUT2D eigenvalue weighted by atomic mass is 32.2. The van der Waals surface area contributed by atoms with Crippen molar-refractivity contribution in [2.75, 3.05) is 10.8 Å². The number of amides is 1. The molecule has 7 heteroatoms. The van der Waals surface area contributed by atoms with Crippen molar-refractivity contribution in [3.05, 3.63) is 95.6 Å². The van der Waals surface area contributed by atoms with E-state index >= 15 is 0 Å². The number of sulfonamides is 1. The zero-order chi connectivity index (χ0) is 21.8. The lowest BCUT2D eigenvalue weighted by Crippen LogP contribution is -2.50. The fourth-order valence-corrected chi connectivity index (χ4v) is 5.17. The van der Waals surface area contributed by atoms with Crippen LogP contribution in [0.2, 0.25) is 0 Å². The molecule has 0 aromatic heterocycles. The number of anilines is 1. The van der Waals surface area contributed by atoms with Crippen molar-refractivity contribution in [2.24, 2.45) is 0 Å². The highest BCUT2D eigenvalue weighted by Crippen LogP contribution is 2.35. The van der Waals surface area contributed by atoms with E-state index in [2.05, 4.69) is 5.32 Å². The first-order valence-corrected chi connectivity index (χ1v) is 11.7. The number of benzene rings is 3. The molecule has 1 heterocycles. The molecule has 1 atom stereocenters. The number of nitrogens with zero attached hydrogens (tertiary/aromatic N) is 1. The van der Waals surface area contributed by atoms with Gasteiger partial charge < -0.3 is 10.1 Å². The van der Waals surface area contributed by atoms with Crippen LogP contribution in [-0.4, -0.2) is 27.0 Å². The molecule has 0 spiro atoms. The number of ether oxygens (including phenoxy) is 1. The Bertz CT molecular complexity index is 1180. The van der Waals surface area contributed by atoms with E-state index in [9.17, 15) is 13.2 Å². The van der Waals surface area contributed by atoms with E-state index < -0.39 is 16.1 Å². The summed E-state index contributed by atoms with van der Waals surface area (Å²) in [7, 11) is -3.72. The third-order valence-corrected chi connectivity index (χ3v) is 6.82. The fraction of sp³-hybridized carbons (Fsp3) is 0.208. The molecule has 3 aromatic rings. The first-order valence-electron chi connectivity index (χ1n) is 10.1. The fourth-order valence-electron chi connectivity index (χ4n) is 3.59. The Morgan fingerprint density at radius 1 is 1.00 bits per heavy atom. The van der Waals surface area contributed by atoms with E-state index in [0.717, 1.165) is 11.1 Å². The molecule has 0 fully saturated rings. The number of nitrogens with one attached hydrogen (secondary N) is 1. The standard InChI is InChI=1S/C24H24N2O4S/c1-18-8-7-11-20(14-18)15-25-24(27)23-16-26(21-12-5-6-13-22(21)30-23)31(28,29)17-19-9-3-2-4-10-19/h2-14,23H,15-17H2,1H3,(H,25,27). The molecule has 1 amide bonds. The number of carbonyl (C=O) groups excluding carboxylic acids is 1. The molecular weight excluding hydrogens is 412 g/mol. The molecule has 6 nitrogen and oxygen atoms in total. The van der Waals surface area contributed by atoms with Crippen molar-refractivity contribution < 1.29 is 17.9 Å². The monoisotopic (exact) mass is 436 g/mol. The van der Waals surface area contributed by atoms with Gasteiger partial charge in [-0.05, 0) is 30.2 Å². The lowest BCUT2D eigenvalue weighted by atomic mass is 10.1.